The van der Waals surface area contributed by atoms with Gasteiger partial charge in [0, 0.05) is 5.69 Å². The zero-order chi connectivity index (χ0) is 15.1. The molecular formula is C15H31NSi3. The van der Waals surface area contributed by atoms with Crippen LogP contribution >= 0.6 is 0 Å². The summed E-state index contributed by atoms with van der Waals surface area (Å²) in [4.78, 5) is 0. The van der Waals surface area contributed by atoms with Crippen molar-refractivity contribution in [2.45, 2.75) is 58.9 Å². The van der Waals surface area contributed by atoms with Gasteiger partial charge in [0.15, 0.2) is 0 Å². The Hall–Kier alpha value is -0.329. The van der Waals surface area contributed by atoms with Crippen molar-refractivity contribution in [3.63, 3.8) is 0 Å². The van der Waals surface area contributed by atoms with Gasteiger partial charge in [-0.3, -0.25) is 0 Å². The van der Waals surface area contributed by atoms with Gasteiger partial charge in [0.05, 0.1) is 8.07 Å². The fourth-order valence-electron chi connectivity index (χ4n) is 2.89. The summed E-state index contributed by atoms with van der Waals surface area (Å²) >= 11 is 0. The Balaban J connectivity index is 3.20. The van der Waals surface area contributed by atoms with Crippen LogP contribution in [-0.4, -0.2) is 24.5 Å². The maximum atomic E-state index is 2.79. The first-order chi connectivity index (χ1) is 8.33. The highest BCUT2D eigenvalue weighted by Crippen LogP contribution is 2.27. The molecule has 0 bridgehead atoms. The SMILES string of the molecule is C[Si](C)(C)c1ccc(N([Si](C)(C)C)[Si](C)(C)C)cc1. The van der Waals surface area contributed by atoms with Crippen LogP contribution in [0.5, 0.6) is 0 Å². The van der Waals surface area contributed by atoms with E-state index in [1.165, 1.54) is 5.69 Å². The lowest BCUT2D eigenvalue weighted by molar-refractivity contribution is 1.35. The maximum absolute atomic E-state index is 2.79. The number of anilines is 1. The number of benzene rings is 1. The highest BCUT2D eigenvalue weighted by Gasteiger charge is 2.34. The van der Waals surface area contributed by atoms with E-state index in [0.29, 0.717) is 0 Å². The van der Waals surface area contributed by atoms with Crippen LogP contribution < -0.4 is 9.42 Å². The lowest BCUT2D eigenvalue weighted by atomic mass is 10.3. The van der Waals surface area contributed by atoms with Crippen molar-refractivity contribution in [2.75, 3.05) is 4.23 Å². The molecule has 1 nitrogen and oxygen atoms in total. The van der Waals surface area contributed by atoms with Crippen LogP contribution in [0.3, 0.4) is 0 Å². The van der Waals surface area contributed by atoms with Crippen LogP contribution in [0.15, 0.2) is 24.3 Å². The summed E-state index contributed by atoms with van der Waals surface area (Å²) in [5.41, 5.74) is 1.44. The fourth-order valence-corrected chi connectivity index (χ4v) is 14.0. The van der Waals surface area contributed by atoms with Gasteiger partial charge >= 0.3 is 0 Å². The first-order valence-corrected chi connectivity index (χ1v) is 17.6. The normalized spacial score (nSPS) is 13.5. The van der Waals surface area contributed by atoms with E-state index in [-0.39, 0.29) is 0 Å². The lowest BCUT2D eigenvalue weighted by Gasteiger charge is -2.46. The summed E-state index contributed by atoms with van der Waals surface area (Å²) < 4.78 is 2.79. The predicted molar refractivity (Wildman–Crippen MR) is 98.6 cm³/mol. The molecule has 1 aromatic rings. The Morgan fingerprint density at radius 1 is 0.632 bits per heavy atom. The third kappa shape index (κ3) is 4.33. The van der Waals surface area contributed by atoms with Crippen molar-refractivity contribution in [3.05, 3.63) is 24.3 Å². The zero-order valence-corrected chi connectivity index (χ0v) is 17.3. The predicted octanol–water partition coefficient (Wildman–Crippen LogP) is 4.71. The van der Waals surface area contributed by atoms with Gasteiger partial charge in [-0.05, 0) is 12.1 Å². The summed E-state index contributed by atoms with van der Waals surface area (Å²) in [7, 11) is -3.82. The zero-order valence-electron chi connectivity index (χ0n) is 14.3. The third-order valence-electron chi connectivity index (χ3n) is 3.33. The van der Waals surface area contributed by atoms with E-state index in [1.807, 2.05) is 0 Å². The number of nitrogens with zero attached hydrogens (tertiary/aromatic N) is 1. The lowest BCUT2D eigenvalue weighted by Crippen LogP contribution is -2.59. The molecule has 0 saturated carbocycles. The quantitative estimate of drug-likeness (QED) is 0.728. The van der Waals surface area contributed by atoms with Crippen molar-refractivity contribution in [1.29, 1.82) is 0 Å². The van der Waals surface area contributed by atoms with Crippen molar-refractivity contribution in [2.24, 2.45) is 0 Å². The molecule has 0 spiro atoms. The topological polar surface area (TPSA) is 3.24 Å². The highest BCUT2D eigenvalue weighted by molar-refractivity contribution is 6.99. The van der Waals surface area contributed by atoms with E-state index in [0.717, 1.165) is 0 Å². The molecule has 0 aliphatic carbocycles. The molecule has 1 aromatic carbocycles. The molecule has 0 fully saturated rings. The molecule has 0 saturated heterocycles. The minimum absolute atomic E-state index is 1.18. The van der Waals surface area contributed by atoms with Gasteiger partial charge in [-0.1, -0.05) is 76.2 Å². The Labute approximate surface area is 123 Å². The van der Waals surface area contributed by atoms with E-state index < -0.39 is 24.5 Å². The van der Waals surface area contributed by atoms with Crippen molar-refractivity contribution in [1.82, 2.24) is 0 Å². The van der Waals surface area contributed by atoms with Gasteiger partial charge in [0.1, 0.15) is 16.5 Å². The molecule has 4 heteroatoms. The molecule has 0 unspecified atom stereocenters. The minimum atomic E-state index is -1.32. The van der Waals surface area contributed by atoms with Crippen molar-refractivity contribution < 1.29 is 0 Å². The second-order valence-corrected chi connectivity index (χ2v) is 23.6. The van der Waals surface area contributed by atoms with E-state index in [4.69, 9.17) is 0 Å². The van der Waals surface area contributed by atoms with E-state index in [2.05, 4.69) is 87.4 Å². The summed E-state index contributed by atoms with van der Waals surface area (Å²) in [6, 6.07) is 9.47. The molecule has 0 aromatic heterocycles. The van der Waals surface area contributed by atoms with Gasteiger partial charge in [-0.15, -0.1) is 0 Å². The van der Waals surface area contributed by atoms with Gasteiger partial charge in [0.25, 0.3) is 0 Å². The second kappa shape index (κ2) is 5.22. The Bertz CT molecular complexity index is 405. The molecule has 0 aliphatic heterocycles. The van der Waals surface area contributed by atoms with Gasteiger partial charge in [-0.25, -0.2) is 0 Å². The summed E-state index contributed by atoms with van der Waals surface area (Å²) in [5.74, 6) is 0. The van der Waals surface area contributed by atoms with E-state index >= 15 is 0 Å². The van der Waals surface area contributed by atoms with E-state index in [9.17, 15) is 0 Å². The summed E-state index contributed by atoms with van der Waals surface area (Å²) in [6.45, 7) is 22.0. The molecule has 0 aliphatic rings. The Morgan fingerprint density at radius 3 is 1.26 bits per heavy atom. The third-order valence-corrected chi connectivity index (χ3v) is 12.6. The Morgan fingerprint density at radius 2 is 1.00 bits per heavy atom. The molecule has 0 N–H and O–H groups in total. The van der Waals surface area contributed by atoms with Crippen LogP contribution in [0.25, 0.3) is 0 Å². The number of hydrogen-bond donors (Lipinski definition) is 0. The monoisotopic (exact) mass is 309 g/mol. The van der Waals surface area contributed by atoms with Gasteiger partial charge in [0.2, 0.25) is 0 Å². The largest absolute Gasteiger partial charge is 0.425 e. The number of hydrogen-bond acceptors (Lipinski definition) is 1. The molecular weight excluding hydrogens is 278 g/mol. The van der Waals surface area contributed by atoms with Crippen LogP contribution in [-0.2, 0) is 0 Å². The molecule has 0 amide bonds. The van der Waals surface area contributed by atoms with E-state index in [1.54, 1.807) is 5.19 Å². The first kappa shape index (κ1) is 16.7. The van der Waals surface area contributed by atoms with Crippen LogP contribution in [0.4, 0.5) is 5.69 Å². The maximum Gasteiger partial charge on any atom is 0.138 e. The number of rotatable bonds is 4. The Kier molecular flexibility index (Phi) is 4.60. The average Bonchev–Trinajstić information content (AvgIpc) is 2.12. The second-order valence-electron chi connectivity index (χ2n) is 8.47. The van der Waals surface area contributed by atoms with Crippen LogP contribution in [0.2, 0.25) is 58.9 Å². The molecule has 0 radical (unpaired) electrons. The fraction of sp³-hybridized carbons (Fsp3) is 0.600. The summed E-state index contributed by atoms with van der Waals surface area (Å²) in [5, 5.41) is 1.56. The smallest absolute Gasteiger partial charge is 0.138 e. The van der Waals surface area contributed by atoms with Crippen LogP contribution in [0, 0.1) is 0 Å². The molecule has 108 valence electrons. The van der Waals surface area contributed by atoms with Gasteiger partial charge < -0.3 is 4.23 Å². The highest BCUT2D eigenvalue weighted by atomic mass is 28.4. The molecule has 0 heterocycles. The molecule has 19 heavy (non-hydrogen) atoms. The standard InChI is InChI=1S/C15H31NSi3/c1-17(2,3)15-12-10-14(11-13-15)16(18(4,5)6)19(7,8)9/h10-13H,1-9H3. The summed E-state index contributed by atoms with van der Waals surface area (Å²) in [6.07, 6.45) is 0. The van der Waals surface area contributed by atoms with Crippen LogP contribution in [0.1, 0.15) is 0 Å². The molecule has 1 rings (SSSR count). The van der Waals surface area contributed by atoms with Crippen molar-refractivity contribution in [3.8, 4) is 0 Å². The first-order valence-electron chi connectivity index (χ1n) is 7.24. The minimum Gasteiger partial charge on any atom is -0.425 e. The van der Waals surface area contributed by atoms with Crippen molar-refractivity contribution >= 4 is 35.4 Å². The van der Waals surface area contributed by atoms with Gasteiger partial charge in [-0.2, -0.15) is 0 Å². The molecule has 0 atom stereocenters. The average molecular weight is 310 g/mol.